The van der Waals surface area contributed by atoms with Gasteiger partial charge in [-0.05, 0) is 19.4 Å². The first kappa shape index (κ1) is 12.3. The van der Waals surface area contributed by atoms with E-state index in [4.69, 9.17) is 0 Å². The van der Waals surface area contributed by atoms with Crippen LogP contribution >= 0.6 is 0 Å². The molecule has 0 heterocycles. The van der Waals surface area contributed by atoms with Crippen molar-refractivity contribution in [2.24, 2.45) is 0 Å². The molecule has 0 bridgehead atoms. The maximum Gasteiger partial charge on any atom is -0.0231 e. The summed E-state index contributed by atoms with van der Waals surface area (Å²) >= 11 is 0. The Balaban J connectivity index is 3.06. The SMILES string of the molecule is C=C(C)C1=CC(C)=CC=CC=CC=CC=C1. The van der Waals surface area contributed by atoms with Crippen molar-refractivity contribution < 1.29 is 0 Å². The van der Waals surface area contributed by atoms with Gasteiger partial charge in [0, 0.05) is 0 Å². The molecule has 1 aliphatic carbocycles. The van der Waals surface area contributed by atoms with Crippen molar-refractivity contribution in [1.82, 2.24) is 0 Å². The molecule has 0 aromatic carbocycles. The lowest BCUT2D eigenvalue weighted by Gasteiger charge is -2.00. The molecule has 0 unspecified atom stereocenters. The lowest BCUT2D eigenvalue weighted by atomic mass is 10.1. The second kappa shape index (κ2) is 6.62. The first-order valence-electron chi connectivity index (χ1n) is 5.42. The molecule has 0 aliphatic heterocycles. The van der Waals surface area contributed by atoms with E-state index >= 15 is 0 Å². The summed E-state index contributed by atoms with van der Waals surface area (Å²) in [5.41, 5.74) is 3.46. The third kappa shape index (κ3) is 4.61. The summed E-state index contributed by atoms with van der Waals surface area (Å²) in [6, 6.07) is 0. The smallest absolute Gasteiger partial charge is 0.0231 e. The van der Waals surface area contributed by atoms with Crippen LogP contribution in [0.4, 0.5) is 0 Å². The molecule has 0 saturated carbocycles. The lowest BCUT2D eigenvalue weighted by molar-refractivity contribution is 1.40. The van der Waals surface area contributed by atoms with Crippen LogP contribution in [0.3, 0.4) is 0 Å². The molecule has 0 saturated heterocycles. The highest BCUT2D eigenvalue weighted by Gasteiger charge is 1.92. The van der Waals surface area contributed by atoms with Gasteiger partial charge in [-0.25, -0.2) is 0 Å². The molecule has 0 amide bonds. The molecule has 0 nitrogen and oxygen atoms in total. The minimum absolute atomic E-state index is 1.08. The van der Waals surface area contributed by atoms with Crippen molar-refractivity contribution in [3.63, 3.8) is 0 Å². The van der Waals surface area contributed by atoms with Crippen LogP contribution in [0.25, 0.3) is 0 Å². The Bertz CT molecular complexity index is 421. The van der Waals surface area contributed by atoms with Crippen LogP contribution in [0.15, 0.2) is 84.1 Å². The Morgan fingerprint density at radius 3 is 2.12 bits per heavy atom. The fourth-order valence-electron chi connectivity index (χ4n) is 1.29. The highest BCUT2D eigenvalue weighted by atomic mass is 14.0. The molecule has 0 N–H and O–H groups in total. The summed E-state index contributed by atoms with van der Waals surface area (Å²) in [5.74, 6) is 0. The Morgan fingerprint density at radius 2 is 1.50 bits per heavy atom. The normalized spacial score (nSPS) is 16.1. The van der Waals surface area contributed by atoms with Crippen molar-refractivity contribution in [1.29, 1.82) is 0 Å². The van der Waals surface area contributed by atoms with Crippen molar-refractivity contribution in [3.05, 3.63) is 84.1 Å². The third-order valence-electron chi connectivity index (χ3n) is 2.18. The van der Waals surface area contributed by atoms with Crippen molar-refractivity contribution in [3.8, 4) is 0 Å². The van der Waals surface area contributed by atoms with Crippen LogP contribution in [0.1, 0.15) is 13.8 Å². The predicted octanol–water partition coefficient (Wildman–Crippen LogP) is 4.67. The molecule has 0 spiro atoms. The molecule has 82 valence electrons. The maximum atomic E-state index is 3.98. The number of allylic oxidation sites excluding steroid dienone is 13. The summed E-state index contributed by atoms with van der Waals surface area (Å²) in [4.78, 5) is 0. The summed E-state index contributed by atoms with van der Waals surface area (Å²) in [7, 11) is 0. The van der Waals surface area contributed by atoms with E-state index in [1.807, 2.05) is 49.5 Å². The first-order chi connectivity index (χ1) is 7.70. The fourth-order valence-corrected chi connectivity index (χ4v) is 1.29. The van der Waals surface area contributed by atoms with E-state index in [2.05, 4.69) is 31.7 Å². The van der Waals surface area contributed by atoms with E-state index in [9.17, 15) is 0 Å². The van der Waals surface area contributed by atoms with E-state index in [1.165, 1.54) is 5.57 Å². The standard InChI is InChI=1S/C16H18/c1-14(2)16-12-10-8-6-4-5-7-9-11-15(3)13-16/h4-13H,1H2,2-3H3. The van der Waals surface area contributed by atoms with E-state index in [0.717, 1.165) is 11.1 Å². The molecule has 0 heteroatoms. The fraction of sp³-hybridized carbons (Fsp3) is 0.125. The van der Waals surface area contributed by atoms with E-state index in [-0.39, 0.29) is 0 Å². The summed E-state index contributed by atoms with van der Waals surface area (Å²) < 4.78 is 0. The molecule has 1 aliphatic rings. The molecule has 0 fully saturated rings. The van der Waals surface area contributed by atoms with Crippen molar-refractivity contribution >= 4 is 0 Å². The van der Waals surface area contributed by atoms with E-state index < -0.39 is 0 Å². The van der Waals surface area contributed by atoms with Crippen LogP contribution in [0, 0.1) is 0 Å². The van der Waals surface area contributed by atoms with Gasteiger partial charge in [-0.15, -0.1) is 0 Å². The summed E-state index contributed by atoms with van der Waals surface area (Å²) in [5, 5.41) is 0. The molecule has 0 atom stereocenters. The zero-order valence-electron chi connectivity index (χ0n) is 9.98. The van der Waals surface area contributed by atoms with Crippen LogP contribution in [-0.2, 0) is 0 Å². The van der Waals surface area contributed by atoms with Crippen LogP contribution < -0.4 is 0 Å². The van der Waals surface area contributed by atoms with Gasteiger partial charge in [0.2, 0.25) is 0 Å². The van der Waals surface area contributed by atoms with Crippen LogP contribution in [0.5, 0.6) is 0 Å². The predicted molar refractivity (Wildman–Crippen MR) is 73.2 cm³/mol. The summed E-state index contributed by atoms with van der Waals surface area (Å²) in [6.45, 7) is 8.09. The summed E-state index contributed by atoms with van der Waals surface area (Å²) in [6.07, 6.45) is 20.4. The second-order valence-electron chi connectivity index (χ2n) is 3.80. The zero-order chi connectivity index (χ0) is 11.8. The van der Waals surface area contributed by atoms with Gasteiger partial charge in [0.25, 0.3) is 0 Å². The second-order valence-corrected chi connectivity index (χ2v) is 3.80. The molecule has 16 heavy (non-hydrogen) atoms. The zero-order valence-corrected chi connectivity index (χ0v) is 9.98. The Morgan fingerprint density at radius 1 is 0.938 bits per heavy atom. The monoisotopic (exact) mass is 210 g/mol. The van der Waals surface area contributed by atoms with Crippen molar-refractivity contribution in [2.45, 2.75) is 13.8 Å². The van der Waals surface area contributed by atoms with Gasteiger partial charge in [-0.1, -0.05) is 78.5 Å². The molecular weight excluding hydrogens is 192 g/mol. The largest absolute Gasteiger partial charge is 0.0955 e. The highest BCUT2D eigenvalue weighted by Crippen LogP contribution is 2.12. The molecule has 1 rings (SSSR count). The molecule has 0 radical (unpaired) electrons. The van der Waals surface area contributed by atoms with E-state index in [1.54, 1.807) is 0 Å². The van der Waals surface area contributed by atoms with Gasteiger partial charge in [0.15, 0.2) is 0 Å². The van der Waals surface area contributed by atoms with E-state index in [0.29, 0.717) is 0 Å². The highest BCUT2D eigenvalue weighted by molar-refractivity contribution is 5.43. The average Bonchev–Trinajstić information content (AvgIpc) is 2.22. The van der Waals surface area contributed by atoms with Gasteiger partial charge in [0.1, 0.15) is 0 Å². The maximum absolute atomic E-state index is 3.98. The van der Waals surface area contributed by atoms with Crippen LogP contribution in [0.2, 0.25) is 0 Å². The molecule has 0 aromatic heterocycles. The average molecular weight is 210 g/mol. The molecular formula is C16H18. The number of rotatable bonds is 1. The van der Waals surface area contributed by atoms with Gasteiger partial charge in [-0.2, -0.15) is 0 Å². The minimum atomic E-state index is 1.08. The molecule has 0 aromatic rings. The number of hydrogen-bond donors (Lipinski definition) is 0. The topological polar surface area (TPSA) is 0 Å². The Kier molecular flexibility index (Phi) is 5.07. The quantitative estimate of drug-likeness (QED) is 0.589. The minimum Gasteiger partial charge on any atom is -0.0955 e. The Labute approximate surface area is 98.4 Å². The number of hydrogen-bond acceptors (Lipinski definition) is 0. The Hall–Kier alpha value is -1.82. The third-order valence-corrected chi connectivity index (χ3v) is 2.18. The van der Waals surface area contributed by atoms with Gasteiger partial charge < -0.3 is 0 Å². The van der Waals surface area contributed by atoms with Crippen molar-refractivity contribution in [2.75, 3.05) is 0 Å². The van der Waals surface area contributed by atoms with Gasteiger partial charge in [0.05, 0.1) is 0 Å². The van der Waals surface area contributed by atoms with Gasteiger partial charge in [-0.3, -0.25) is 0 Å². The van der Waals surface area contributed by atoms with Crippen LogP contribution in [-0.4, -0.2) is 0 Å². The lowest BCUT2D eigenvalue weighted by Crippen LogP contribution is -1.80. The van der Waals surface area contributed by atoms with Gasteiger partial charge >= 0.3 is 0 Å². The first-order valence-corrected chi connectivity index (χ1v) is 5.42.